The first-order chi connectivity index (χ1) is 3.41. The van der Waals surface area contributed by atoms with Crippen molar-refractivity contribution in [2.24, 2.45) is 0 Å². The van der Waals surface area contributed by atoms with Gasteiger partial charge in [0.25, 0.3) is 0 Å². The summed E-state index contributed by atoms with van der Waals surface area (Å²) in [4.78, 5) is 0. The van der Waals surface area contributed by atoms with Gasteiger partial charge in [-0.3, -0.25) is 0 Å². The van der Waals surface area contributed by atoms with Crippen LogP contribution in [0, 0.1) is 21.3 Å². The van der Waals surface area contributed by atoms with Crippen molar-refractivity contribution in [1.29, 1.82) is 0 Å². The van der Waals surface area contributed by atoms with Crippen LogP contribution in [0.15, 0.2) is 0 Å². The maximum atomic E-state index is 4.94. The van der Waals surface area contributed by atoms with Crippen molar-refractivity contribution in [2.45, 2.75) is 0 Å². The summed E-state index contributed by atoms with van der Waals surface area (Å²) in [5.74, 6) is 0. The van der Waals surface area contributed by atoms with Crippen molar-refractivity contribution in [2.75, 3.05) is 0 Å². The standard InChI is InChI=1S/C4Cl2S/c5-1-3-7-4-2-6. The van der Waals surface area contributed by atoms with Crippen LogP contribution in [0.5, 0.6) is 0 Å². The third kappa shape index (κ3) is 6.05. The molecule has 0 aliphatic carbocycles. The zero-order valence-electron chi connectivity index (χ0n) is 3.16. The predicted octanol–water partition coefficient (Wildman–Crippen LogP) is 2.03. The fourth-order valence-electron chi connectivity index (χ4n) is 0.0641. The second-order valence-corrected chi connectivity index (χ2v) is 1.49. The highest BCUT2D eigenvalue weighted by atomic mass is 35.5. The SMILES string of the molecule is ClC#CSC#CCl. The van der Waals surface area contributed by atoms with Gasteiger partial charge in [0.15, 0.2) is 0 Å². The number of hydrogen-bond donors (Lipinski definition) is 0. The smallest absolute Gasteiger partial charge is 0.0172 e. The second-order valence-electron chi connectivity index (χ2n) is 0.495. The molecule has 0 atom stereocenters. The summed E-state index contributed by atoms with van der Waals surface area (Å²) in [7, 11) is 0. The van der Waals surface area contributed by atoms with E-state index < -0.39 is 0 Å². The van der Waals surface area contributed by atoms with E-state index in [1.165, 1.54) is 0 Å². The van der Waals surface area contributed by atoms with E-state index in [9.17, 15) is 0 Å². The van der Waals surface area contributed by atoms with E-state index in [1.807, 2.05) is 0 Å². The molecule has 0 rings (SSSR count). The summed E-state index contributed by atoms with van der Waals surface area (Å²) in [6.07, 6.45) is 0. The Balaban J connectivity index is 3.21. The average molecular weight is 151 g/mol. The second kappa shape index (κ2) is 6.05. The molecule has 3 heteroatoms. The molecule has 7 heavy (non-hydrogen) atoms. The summed E-state index contributed by atoms with van der Waals surface area (Å²) in [6, 6.07) is 0. The molecule has 0 spiro atoms. The van der Waals surface area contributed by atoms with E-state index in [0.717, 1.165) is 11.8 Å². The highest BCUT2D eigenvalue weighted by Gasteiger charge is 1.60. The van der Waals surface area contributed by atoms with E-state index in [4.69, 9.17) is 23.2 Å². The molecule has 0 radical (unpaired) electrons. The Morgan fingerprint density at radius 2 is 1.43 bits per heavy atom. The summed E-state index contributed by atoms with van der Waals surface area (Å²) in [5.41, 5.74) is 0. The molecule has 0 aromatic carbocycles. The molecular formula is C4Cl2S. The summed E-state index contributed by atoms with van der Waals surface area (Å²) in [6.45, 7) is 0. The van der Waals surface area contributed by atoms with Crippen molar-refractivity contribution in [3.63, 3.8) is 0 Å². The minimum atomic E-state index is 1.07. The van der Waals surface area contributed by atoms with Crippen LogP contribution in [0.4, 0.5) is 0 Å². The Labute approximate surface area is 56.6 Å². The van der Waals surface area contributed by atoms with Crippen molar-refractivity contribution >= 4 is 35.0 Å². The Bertz CT molecular complexity index is 125. The van der Waals surface area contributed by atoms with Gasteiger partial charge in [0.05, 0.1) is 0 Å². The summed E-state index contributed by atoms with van der Waals surface area (Å²) in [5, 5.41) is 9.10. The van der Waals surface area contributed by atoms with Crippen LogP contribution in [-0.2, 0) is 0 Å². The maximum absolute atomic E-state index is 4.94. The molecule has 0 aromatic rings. The van der Waals surface area contributed by atoms with Crippen LogP contribution in [0.3, 0.4) is 0 Å². The van der Waals surface area contributed by atoms with Gasteiger partial charge in [-0.15, -0.1) is 0 Å². The van der Waals surface area contributed by atoms with E-state index in [0.29, 0.717) is 0 Å². The third-order valence-corrected chi connectivity index (χ3v) is 1.00. The Morgan fingerprint density at radius 1 is 1.00 bits per heavy atom. The predicted molar refractivity (Wildman–Crippen MR) is 34.8 cm³/mol. The lowest BCUT2D eigenvalue weighted by Gasteiger charge is -1.59. The van der Waals surface area contributed by atoms with Crippen LogP contribution in [-0.4, -0.2) is 0 Å². The first-order valence-electron chi connectivity index (χ1n) is 1.29. The van der Waals surface area contributed by atoms with Crippen LogP contribution < -0.4 is 0 Å². The van der Waals surface area contributed by atoms with Gasteiger partial charge in [-0.25, -0.2) is 0 Å². The van der Waals surface area contributed by atoms with Gasteiger partial charge in [-0.1, -0.05) is 0 Å². The molecule has 0 aliphatic heterocycles. The largest absolute Gasteiger partial charge is 0.0220 e. The first-order valence-corrected chi connectivity index (χ1v) is 2.86. The van der Waals surface area contributed by atoms with Crippen molar-refractivity contribution in [3.05, 3.63) is 0 Å². The van der Waals surface area contributed by atoms with Crippen LogP contribution in [0.1, 0.15) is 0 Å². The minimum Gasteiger partial charge on any atom is -0.0220 e. The molecule has 0 aliphatic rings. The monoisotopic (exact) mass is 150 g/mol. The van der Waals surface area contributed by atoms with Gasteiger partial charge in [0.1, 0.15) is 0 Å². The highest BCUT2D eigenvalue weighted by Crippen LogP contribution is 1.91. The number of rotatable bonds is 0. The minimum absolute atomic E-state index is 1.07. The number of hydrogen-bond acceptors (Lipinski definition) is 1. The van der Waals surface area contributed by atoms with E-state index in [2.05, 4.69) is 21.3 Å². The molecule has 0 saturated heterocycles. The Kier molecular flexibility index (Phi) is 6.09. The molecule has 0 unspecified atom stereocenters. The summed E-state index contributed by atoms with van der Waals surface area (Å²) >= 11 is 11.0. The molecule has 0 bridgehead atoms. The van der Waals surface area contributed by atoms with Gasteiger partial charge in [-0.05, 0) is 33.7 Å². The lowest BCUT2D eigenvalue weighted by atomic mass is 11.4. The van der Waals surface area contributed by atoms with Gasteiger partial charge >= 0.3 is 0 Å². The summed E-state index contributed by atoms with van der Waals surface area (Å²) < 4.78 is 0. The molecule has 0 fully saturated rings. The highest BCUT2D eigenvalue weighted by molar-refractivity contribution is 8.08. The average Bonchev–Trinajstić information content (AvgIpc) is 1.69. The Morgan fingerprint density at radius 3 is 1.71 bits per heavy atom. The van der Waals surface area contributed by atoms with Crippen LogP contribution in [0.25, 0.3) is 0 Å². The van der Waals surface area contributed by atoms with Gasteiger partial charge in [0, 0.05) is 22.5 Å². The fraction of sp³-hybridized carbons (Fsp3) is 0. The molecule has 0 N–H and O–H groups in total. The van der Waals surface area contributed by atoms with Crippen LogP contribution >= 0.6 is 35.0 Å². The normalized spacial score (nSPS) is 4.86. The molecule has 0 amide bonds. The molecule has 0 nitrogen and oxygen atoms in total. The molecular weight excluding hydrogens is 151 g/mol. The molecule has 0 heterocycles. The quantitative estimate of drug-likeness (QED) is 0.477. The zero-order valence-corrected chi connectivity index (χ0v) is 5.49. The Hall–Kier alpha value is 0.0500. The van der Waals surface area contributed by atoms with Gasteiger partial charge in [0.2, 0.25) is 0 Å². The fourth-order valence-corrected chi connectivity index (χ4v) is 0.424. The van der Waals surface area contributed by atoms with Crippen molar-refractivity contribution < 1.29 is 0 Å². The topological polar surface area (TPSA) is 0 Å². The molecule has 0 saturated carbocycles. The maximum Gasteiger partial charge on any atom is 0.0172 e. The lowest BCUT2D eigenvalue weighted by molar-refractivity contribution is 2.92. The van der Waals surface area contributed by atoms with Crippen molar-refractivity contribution in [1.82, 2.24) is 0 Å². The van der Waals surface area contributed by atoms with E-state index in [1.54, 1.807) is 0 Å². The van der Waals surface area contributed by atoms with E-state index in [-0.39, 0.29) is 0 Å². The number of thioether (sulfide) groups is 1. The zero-order chi connectivity index (χ0) is 5.54. The molecule has 36 valence electrons. The molecule has 0 aromatic heterocycles. The van der Waals surface area contributed by atoms with Crippen molar-refractivity contribution in [3.8, 4) is 21.3 Å². The first kappa shape index (κ1) is 7.05. The van der Waals surface area contributed by atoms with Gasteiger partial charge < -0.3 is 0 Å². The van der Waals surface area contributed by atoms with Gasteiger partial charge in [-0.2, -0.15) is 0 Å². The van der Waals surface area contributed by atoms with Crippen LogP contribution in [0.2, 0.25) is 0 Å². The van der Waals surface area contributed by atoms with E-state index >= 15 is 0 Å². The number of halogens is 2. The third-order valence-electron chi connectivity index (χ3n) is 0.179. The lowest BCUT2D eigenvalue weighted by Crippen LogP contribution is -1.37.